The van der Waals surface area contributed by atoms with E-state index in [2.05, 4.69) is 4.74 Å². The SMILES string of the molecule is OC(F)C1CCO1. The second-order valence-corrected chi connectivity index (χ2v) is 1.57. The van der Waals surface area contributed by atoms with Crippen LogP contribution in [-0.2, 0) is 4.74 Å². The van der Waals surface area contributed by atoms with Gasteiger partial charge >= 0.3 is 0 Å². The summed E-state index contributed by atoms with van der Waals surface area (Å²) < 4.78 is 16.1. The van der Waals surface area contributed by atoms with E-state index in [1.54, 1.807) is 0 Å². The summed E-state index contributed by atoms with van der Waals surface area (Å²) >= 11 is 0. The minimum atomic E-state index is -1.77. The maximum atomic E-state index is 11.6. The molecule has 0 aromatic carbocycles. The van der Waals surface area contributed by atoms with Gasteiger partial charge in [0.05, 0.1) is 0 Å². The van der Waals surface area contributed by atoms with Crippen LogP contribution >= 0.6 is 0 Å². The molecule has 7 heavy (non-hydrogen) atoms. The highest BCUT2D eigenvalue weighted by Gasteiger charge is 2.25. The van der Waals surface area contributed by atoms with E-state index >= 15 is 0 Å². The van der Waals surface area contributed by atoms with Crippen molar-refractivity contribution in [1.82, 2.24) is 0 Å². The van der Waals surface area contributed by atoms with Crippen molar-refractivity contribution in [2.75, 3.05) is 6.61 Å². The fraction of sp³-hybridized carbons (Fsp3) is 1.00. The first-order chi connectivity index (χ1) is 3.30. The fourth-order valence-electron chi connectivity index (χ4n) is 0.471. The Bertz CT molecular complexity index is 60.7. The number of aliphatic hydroxyl groups excluding tert-OH is 1. The highest BCUT2D eigenvalue weighted by molar-refractivity contribution is 4.67. The van der Waals surface area contributed by atoms with Gasteiger partial charge in [0.15, 0.2) is 0 Å². The van der Waals surface area contributed by atoms with Crippen LogP contribution in [-0.4, -0.2) is 24.2 Å². The van der Waals surface area contributed by atoms with Crippen LogP contribution in [0.5, 0.6) is 0 Å². The lowest BCUT2D eigenvalue weighted by atomic mass is 10.2. The minimum Gasteiger partial charge on any atom is -0.372 e. The lowest BCUT2D eigenvalue weighted by Gasteiger charge is -2.25. The van der Waals surface area contributed by atoms with E-state index < -0.39 is 12.5 Å². The molecule has 1 rings (SSSR count). The third-order valence-corrected chi connectivity index (χ3v) is 1.04. The van der Waals surface area contributed by atoms with Gasteiger partial charge in [0, 0.05) is 13.0 Å². The van der Waals surface area contributed by atoms with E-state index in [-0.39, 0.29) is 0 Å². The van der Waals surface area contributed by atoms with Crippen molar-refractivity contribution in [2.24, 2.45) is 0 Å². The van der Waals surface area contributed by atoms with E-state index in [1.165, 1.54) is 0 Å². The van der Waals surface area contributed by atoms with Crippen LogP contribution in [0.15, 0.2) is 0 Å². The zero-order valence-corrected chi connectivity index (χ0v) is 3.80. The number of rotatable bonds is 1. The lowest BCUT2D eigenvalue weighted by molar-refractivity contribution is -0.161. The van der Waals surface area contributed by atoms with E-state index in [1.807, 2.05) is 0 Å². The Morgan fingerprint density at radius 2 is 2.43 bits per heavy atom. The summed E-state index contributed by atoms with van der Waals surface area (Å²) in [5.41, 5.74) is 0. The standard InChI is InChI=1S/C4H7FO2/c5-4(6)3-1-2-7-3/h3-4,6H,1-2H2. The molecule has 2 nitrogen and oxygen atoms in total. The maximum absolute atomic E-state index is 11.6. The molecule has 0 aromatic rings. The van der Waals surface area contributed by atoms with Gasteiger partial charge < -0.3 is 9.84 Å². The van der Waals surface area contributed by atoms with Crippen molar-refractivity contribution in [3.8, 4) is 0 Å². The number of hydrogen-bond donors (Lipinski definition) is 1. The number of hydrogen-bond acceptors (Lipinski definition) is 2. The van der Waals surface area contributed by atoms with Gasteiger partial charge in [0.2, 0.25) is 6.36 Å². The van der Waals surface area contributed by atoms with Crippen LogP contribution in [0.25, 0.3) is 0 Å². The molecule has 1 heterocycles. The van der Waals surface area contributed by atoms with Gasteiger partial charge in [0.1, 0.15) is 6.10 Å². The zero-order valence-electron chi connectivity index (χ0n) is 3.80. The fourth-order valence-corrected chi connectivity index (χ4v) is 0.471. The molecule has 0 aromatic heterocycles. The van der Waals surface area contributed by atoms with Gasteiger partial charge in [-0.25, -0.2) is 4.39 Å². The molecule has 1 saturated heterocycles. The highest BCUT2D eigenvalue weighted by atomic mass is 19.1. The number of halogens is 1. The van der Waals surface area contributed by atoms with Crippen molar-refractivity contribution in [2.45, 2.75) is 18.9 Å². The molecule has 1 aliphatic heterocycles. The van der Waals surface area contributed by atoms with E-state index in [4.69, 9.17) is 5.11 Å². The second-order valence-electron chi connectivity index (χ2n) is 1.57. The predicted molar refractivity (Wildman–Crippen MR) is 21.5 cm³/mol. The molecular formula is C4H7FO2. The molecule has 3 heteroatoms. The van der Waals surface area contributed by atoms with Crippen LogP contribution < -0.4 is 0 Å². The molecule has 0 saturated carbocycles. The van der Waals surface area contributed by atoms with E-state index in [0.29, 0.717) is 13.0 Å². The topological polar surface area (TPSA) is 29.5 Å². The van der Waals surface area contributed by atoms with Gasteiger partial charge in [-0.15, -0.1) is 0 Å². The number of aliphatic hydroxyl groups is 1. The molecule has 0 amide bonds. The number of alkyl halides is 1. The molecule has 1 fully saturated rings. The first kappa shape index (κ1) is 5.00. The average molecular weight is 106 g/mol. The monoisotopic (exact) mass is 106 g/mol. The summed E-state index contributed by atoms with van der Waals surface area (Å²) in [6, 6.07) is 0. The predicted octanol–water partition coefficient (Wildman–Crippen LogP) is 0.0632. The highest BCUT2D eigenvalue weighted by Crippen LogP contribution is 2.14. The smallest absolute Gasteiger partial charge is 0.222 e. The van der Waals surface area contributed by atoms with Gasteiger partial charge in [-0.2, -0.15) is 0 Å². The molecular weight excluding hydrogens is 99.0 g/mol. The summed E-state index contributed by atoms with van der Waals surface area (Å²) in [6.07, 6.45) is -1.65. The Hall–Kier alpha value is -0.150. The molecule has 1 N–H and O–H groups in total. The van der Waals surface area contributed by atoms with Crippen molar-refractivity contribution >= 4 is 0 Å². The summed E-state index contributed by atoms with van der Waals surface area (Å²) in [4.78, 5) is 0. The van der Waals surface area contributed by atoms with Crippen molar-refractivity contribution in [3.63, 3.8) is 0 Å². The quantitative estimate of drug-likeness (QED) is 0.512. The largest absolute Gasteiger partial charge is 0.372 e. The van der Waals surface area contributed by atoms with Crippen molar-refractivity contribution < 1.29 is 14.2 Å². The molecule has 0 spiro atoms. The van der Waals surface area contributed by atoms with Gasteiger partial charge in [-0.05, 0) is 0 Å². The van der Waals surface area contributed by atoms with Crippen molar-refractivity contribution in [1.29, 1.82) is 0 Å². The van der Waals surface area contributed by atoms with Crippen LogP contribution in [0.2, 0.25) is 0 Å². The summed E-state index contributed by atoms with van der Waals surface area (Å²) in [5.74, 6) is 0. The molecule has 2 unspecified atom stereocenters. The maximum Gasteiger partial charge on any atom is 0.222 e. The molecule has 42 valence electrons. The Kier molecular flexibility index (Phi) is 1.25. The summed E-state index contributed by atoms with van der Waals surface area (Å²) in [7, 11) is 0. The summed E-state index contributed by atoms with van der Waals surface area (Å²) in [6.45, 7) is 0.589. The minimum absolute atomic E-state index is 0.528. The van der Waals surface area contributed by atoms with E-state index in [0.717, 1.165) is 0 Å². The first-order valence-corrected chi connectivity index (χ1v) is 2.24. The lowest BCUT2D eigenvalue weighted by Crippen LogP contribution is -2.35. The molecule has 2 atom stereocenters. The Balaban J connectivity index is 2.14. The third kappa shape index (κ3) is 0.894. The van der Waals surface area contributed by atoms with Gasteiger partial charge in [0.25, 0.3) is 0 Å². The molecule has 0 radical (unpaired) electrons. The first-order valence-electron chi connectivity index (χ1n) is 2.24. The molecule has 0 bridgehead atoms. The average Bonchev–Trinajstić information content (AvgIpc) is 1.23. The van der Waals surface area contributed by atoms with Crippen molar-refractivity contribution in [3.05, 3.63) is 0 Å². The summed E-state index contributed by atoms with van der Waals surface area (Å²) in [5, 5.41) is 8.08. The van der Waals surface area contributed by atoms with Crippen LogP contribution in [0, 0.1) is 0 Å². The Morgan fingerprint density at radius 1 is 1.86 bits per heavy atom. The normalized spacial score (nSPS) is 34.3. The van der Waals surface area contributed by atoms with Gasteiger partial charge in [-0.1, -0.05) is 0 Å². The van der Waals surface area contributed by atoms with Crippen LogP contribution in [0.1, 0.15) is 6.42 Å². The third-order valence-electron chi connectivity index (χ3n) is 1.04. The number of ether oxygens (including phenoxy) is 1. The van der Waals surface area contributed by atoms with Crippen LogP contribution in [0.4, 0.5) is 4.39 Å². The molecule has 1 aliphatic rings. The van der Waals surface area contributed by atoms with Gasteiger partial charge in [-0.3, -0.25) is 0 Å². The van der Waals surface area contributed by atoms with Crippen LogP contribution in [0.3, 0.4) is 0 Å². The Morgan fingerprint density at radius 3 is 2.43 bits per heavy atom. The van der Waals surface area contributed by atoms with E-state index in [9.17, 15) is 4.39 Å². The second kappa shape index (κ2) is 1.76. The Labute approximate surface area is 40.9 Å². The molecule has 0 aliphatic carbocycles. The zero-order chi connectivity index (χ0) is 5.28.